The summed E-state index contributed by atoms with van der Waals surface area (Å²) in [4.78, 5) is 9.47. The van der Waals surface area contributed by atoms with Crippen LogP contribution in [0, 0.1) is 0 Å². The number of carboxylic acid groups (broad SMARTS) is 1. The molecule has 0 unspecified atom stereocenters. The molecule has 0 aliphatic heterocycles. The van der Waals surface area contributed by atoms with E-state index in [0.717, 1.165) is 0 Å². The molecule has 0 aromatic heterocycles. The molecule has 0 aliphatic carbocycles. The van der Waals surface area contributed by atoms with Crippen molar-refractivity contribution in [2.24, 2.45) is 0 Å². The van der Waals surface area contributed by atoms with Crippen LogP contribution >= 0.6 is 25.6 Å². The summed E-state index contributed by atoms with van der Waals surface area (Å²) in [5.41, 5.74) is 0. The molecule has 0 aromatic carbocycles. The summed E-state index contributed by atoms with van der Waals surface area (Å²) < 4.78 is 0.472. The van der Waals surface area contributed by atoms with Gasteiger partial charge < -0.3 is 5.11 Å². The number of rotatable bonds is 0. The molecule has 0 heterocycles. The molecule has 3 nitrogen and oxygen atoms in total. The second-order valence-electron chi connectivity index (χ2n) is 0.572. The summed E-state index contributed by atoms with van der Waals surface area (Å²) in [6.45, 7) is 0. The first kappa shape index (κ1) is 16.4. The maximum absolute atomic E-state index is 9.47. The Morgan fingerprint density at radius 1 is 1.50 bits per heavy atom. The van der Waals surface area contributed by atoms with Crippen molar-refractivity contribution < 1.29 is 27.0 Å². The van der Waals surface area contributed by atoms with Crippen LogP contribution in [0.5, 0.6) is 0 Å². The fourth-order valence-electron chi connectivity index (χ4n) is 0. The van der Waals surface area contributed by atoms with E-state index in [1.165, 1.54) is 0 Å². The number of amides is 1. The number of carbonyl (C=O) groups is 1. The molecule has 0 radical (unpaired) electrons. The minimum atomic E-state index is -1.18. The molecule has 0 saturated carbocycles. The van der Waals surface area contributed by atoms with E-state index in [2.05, 4.69) is 25.6 Å². The smallest absolute Gasteiger partial charge is 0 e. The second kappa shape index (κ2) is 8.75. The molecule has 1 amide bonds. The normalized spacial score (nSPS) is 5.75. The van der Waals surface area contributed by atoms with Crippen LogP contribution in [0.3, 0.4) is 0 Å². The molecular formula is CH5CaFeNO2S2. The third-order valence-electron chi connectivity index (χ3n) is 0.171. The van der Waals surface area contributed by atoms with Crippen LogP contribution in [0.15, 0.2) is 0 Å². The monoisotopic (exact) mass is 223 g/mol. The summed E-state index contributed by atoms with van der Waals surface area (Å²) in [6, 6.07) is 0. The SMILES string of the molecule is O=C(O)N(S)S.[CaH2].[Fe]. The Morgan fingerprint density at radius 3 is 1.62 bits per heavy atom. The topological polar surface area (TPSA) is 40.5 Å². The van der Waals surface area contributed by atoms with E-state index in [9.17, 15) is 4.79 Å². The van der Waals surface area contributed by atoms with Crippen LogP contribution in [0.1, 0.15) is 0 Å². The fourth-order valence-corrected chi connectivity index (χ4v) is 0. The Labute approximate surface area is 98.7 Å². The second-order valence-corrected chi connectivity index (χ2v) is 1.69. The van der Waals surface area contributed by atoms with Gasteiger partial charge in [-0.25, -0.2) is 4.79 Å². The predicted octanol–water partition coefficient (Wildman–Crippen LogP) is -0.263. The Morgan fingerprint density at radius 2 is 1.62 bits per heavy atom. The van der Waals surface area contributed by atoms with Crippen LogP contribution < -0.4 is 0 Å². The van der Waals surface area contributed by atoms with Crippen molar-refractivity contribution in [1.82, 2.24) is 3.71 Å². The third-order valence-corrected chi connectivity index (χ3v) is 0.513. The van der Waals surface area contributed by atoms with E-state index in [0.29, 0.717) is 3.71 Å². The van der Waals surface area contributed by atoms with Crippen molar-refractivity contribution in [2.75, 3.05) is 0 Å². The molecule has 0 atom stereocenters. The van der Waals surface area contributed by atoms with Crippen molar-refractivity contribution in [3.8, 4) is 0 Å². The first-order chi connectivity index (χ1) is 2.64. The molecule has 0 spiro atoms. The van der Waals surface area contributed by atoms with E-state index in [1.54, 1.807) is 0 Å². The standard InChI is InChI=1S/CH3NO2S2.Ca.Fe.2H/c3-1(4)2(5)6;;;;/h5-6H,(H,3,4);;;;. The summed E-state index contributed by atoms with van der Waals surface area (Å²) >= 11 is 6.58. The summed E-state index contributed by atoms with van der Waals surface area (Å²) in [5, 5.41) is 7.76. The minimum Gasteiger partial charge on any atom is 0 e. The van der Waals surface area contributed by atoms with Crippen LogP contribution in [0.4, 0.5) is 4.79 Å². The van der Waals surface area contributed by atoms with Gasteiger partial charge in [-0.05, 0) is 25.6 Å². The van der Waals surface area contributed by atoms with Gasteiger partial charge in [0.05, 0.1) is 0 Å². The zero-order chi connectivity index (χ0) is 5.15. The zero-order valence-electron chi connectivity index (χ0n) is 3.05. The first-order valence-electron chi connectivity index (χ1n) is 1.05. The van der Waals surface area contributed by atoms with E-state index in [4.69, 9.17) is 5.11 Å². The maximum Gasteiger partial charge on any atom is 0 e. The maximum atomic E-state index is 9.47. The summed E-state index contributed by atoms with van der Waals surface area (Å²) in [7, 11) is 0. The summed E-state index contributed by atoms with van der Waals surface area (Å²) in [5.74, 6) is 0. The van der Waals surface area contributed by atoms with Gasteiger partial charge in [0.15, 0.2) is 0 Å². The Kier molecular flexibility index (Phi) is 17.9. The van der Waals surface area contributed by atoms with Gasteiger partial charge in [0, 0.05) is 17.1 Å². The molecule has 1 N–H and O–H groups in total. The molecule has 0 aromatic rings. The fraction of sp³-hybridized carbons (Fsp3) is 0. The van der Waals surface area contributed by atoms with E-state index in [1.807, 2.05) is 0 Å². The van der Waals surface area contributed by atoms with Gasteiger partial charge in [0.25, 0.3) is 0 Å². The predicted molar refractivity (Wildman–Crippen MR) is 36.4 cm³/mol. The largest absolute Gasteiger partial charge is 0 e. The molecule has 0 saturated heterocycles. The van der Waals surface area contributed by atoms with Crippen molar-refractivity contribution in [3.63, 3.8) is 0 Å². The third kappa shape index (κ3) is 10.7. The molecule has 7 heteroatoms. The zero-order valence-corrected chi connectivity index (χ0v) is 5.94. The number of nitrogens with zero attached hydrogens (tertiary/aromatic N) is 1. The van der Waals surface area contributed by atoms with Gasteiger partial charge in [-0.3, -0.25) is 0 Å². The van der Waals surface area contributed by atoms with Crippen molar-refractivity contribution >= 4 is 69.5 Å². The summed E-state index contributed by atoms with van der Waals surface area (Å²) in [6.07, 6.45) is -1.18. The van der Waals surface area contributed by atoms with Crippen LogP contribution in [0.25, 0.3) is 0 Å². The van der Waals surface area contributed by atoms with Crippen molar-refractivity contribution in [1.29, 1.82) is 0 Å². The van der Waals surface area contributed by atoms with E-state index < -0.39 is 6.09 Å². The first-order valence-corrected chi connectivity index (χ1v) is 1.85. The average molecular weight is 223 g/mol. The Balaban J connectivity index is -0.000000125. The van der Waals surface area contributed by atoms with Gasteiger partial charge in [0.1, 0.15) is 0 Å². The Hall–Kier alpha value is 1.75. The van der Waals surface area contributed by atoms with Crippen molar-refractivity contribution in [3.05, 3.63) is 0 Å². The van der Waals surface area contributed by atoms with Crippen molar-refractivity contribution in [2.45, 2.75) is 0 Å². The molecule has 0 fully saturated rings. The van der Waals surface area contributed by atoms with Gasteiger partial charge in [-0.15, -0.1) is 0 Å². The number of hydrogen-bond donors (Lipinski definition) is 3. The minimum absolute atomic E-state index is 0. The molecular weight excluding hydrogens is 218 g/mol. The van der Waals surface area contributed by atoms with Gasteiger partial charge in [-0.2, -0.15) is 3.71 Å². The molecule has 0 aliphatic rings. The number of thiol groups is 2. The molecule has 0 rings (SSSR count). The molecule has 8 heavy (non-hydrogen) atoms. The van der Waals surface area contributed by atoms with Crippen LogP contribution in [-0.4, -0.2) is 52.6 Å². The quantitative estimate of drug-likeness (QED) is 0.391. The average Bonchev–Trinajstić information content (AvgIpc) is 1.36. The van der Waals surface area contributed by atoms with E-state index in [-0.39, 0.29) is 54.8 Å². The van der Waals surface area contributed by atoms with Gasteiger partial charge in [0.2, 0.25) is 0 Å². The van der Waals surface area contributed by atoms with Gasteiger partial charge >= 0.3 is 43.8 Å². The van der Waals surface area contributed by atoms with Crippen LogP contribution in [-0.2, 0) is 17.1 Å². The van der Waals surface area contributed by atoms with E-state index >= 15 is 0 Å². The number of hydrogen-bond acceptors (Lipinski definition) is 3. The molecule has 48 valence electrons. The van der Waals surface area contributed by atoms with Crippen LogP contribution in [0.2, 0.25) is 0 Å². The molecule has 0 bridgehead atoms. The Bertz CT molecular complexity index is 71.1. The van der Waals surface area contributed by atoms with Gasteiger partial charge in [-0.1, -0.05) is 0 Å².